The maximum Gasteiger partial charge on any atom is 0.114 e. The molecule has 0 aromatic heterocycles. The van der Waals surface area contributed by atoms with Gasteiger partial charge >= 0.3 is 0 Å². The maximum atomic E-state index is 5.03. The van der Waals surface area contributed by atoms with Gasteiger partial charge in [-0.25, -0.2) is 0 Å². The van der Waals surface area contributed by atoms with Crippen molar-refractivity contribution in [1.82, 2.24) is 0 Å². The summed E-state index contributed by atoms with van der Waals surface area (Å²) in [6.45, 7) is 7.70. The molecule has 0 aromatic rings. The molecule has 1 nitrogen and oxygen atoms in total. The van der Waals surface area contributed by atoms with Crippen molar-refractivity contribution < 1.29 is 4.74 Å². The predicted molar refractivity (Wildman–Crippen MR) is 49.3 cm³/mol. The van der Waals surface area contributed by atoms with Gasteiger partial charge in [0.25, 0.3) is 0 Å². The Morgan fingerprint density at radius 1 is 1.55 bits per heavy atom. The lowest BCUT2D eigenvalue weighted by Gasteiger charge is -1.99. The molecule has 1 heteroatoms. The van der Waals surface area contributed by atoms with Crippen molar-refractivity contribution in [3.05, 3.63) is 36.6 Å². The zero-order valence-corrected chi connectivity index (χ0v) is 7.50. The van der Waals surface area contributed by atoms with Crippen LogP contribution in [0.4, 0.5) is 0 Å². The summed E-state index contributed by atoms with van der Waals surface area (Å²) in [7, 11) is 1.66. The fourth-order valence-electron chi connectivity index (χ4n) is 0.607. The van der Waals surface area contributed by atoms with E-state index in [9.17, 15) is 0 Å². The van der Waals surface area contributed by atoms with E-state index in [-0.39, 0.29) is 0 Å². The maximum absolute atomic E-state index is 5.03. The van der Waals surface area contributed by atoms with Crippen molar-refractivity contribution in [2.75, 3.05) is 7.11 Å². The normalized spacial score (nSPS) is 15.0. The molecule has 0 aliphatic carbocycles. The number of rotatable bonds is 4. The van der Waals surface area contributed by atoms with E-state index in [0.717, 1.165) is 5.76 Å². The van der Waals surface area contributed by atoms with Gasteiger partial charge in [0.15, 0.2) is 0 Å². The minimum absolute atomic E-state index is 0.403. The minimum Gasteiger partial charge on any atom is -0.497 e. The van der Waals surface area contributed by atoms with Gasteiger partial charge in [0.1, 0.15) is 5.76 Å². The van der Waals surface area contributed by atoms with Crippen LogP contribution in [-0.4, -0.2) is 7.11 Å². The molecular formula is C10H16O. The van der Waals surface area contributed by atoms with Gasteiger partial charge in [0.2, 0.25) is 0 Å². The Morgan fingerprint density at radius 3 is 2.55 bits per heavy atom. The highest BCUT2D eigenvalue weighted by Crippen LogP contribution is 2.02. The lowest BCUT2D eigenvalue weighted by Crippen LogP contribution is -1.84. The fourth-order valence-corrected chi connectivity index (χ4v) is 0.607. The second-order valence-corrected chi connectivity index (χ2v) is 2.35. The third-order valence-electron chi connectivity index (χ3n) is 1.46. The van der Waals surface area contributed by atoms with E-state index >= 15 is 0 Å². The van der Waals surface area contributed by atoms with Gasteiger partial charge in [-0.2, -0.15) is 0 Å². The summed E-state index contributed by atoms with van der Waals surface area (Å²) in [5, 5.41) is 0. The van der Waals surface area contributed by atoms with Crippen molar-refractivity contribution in [2.24, 2.45) is 5.92 Å². The summed E-state index contributed by atoms with van der Waals surface area (Å²) in [6, 6.07) is 0. The van der Waals surface area contributed by atoms with Crippen LogP contribution in [0.1, 0.15) is 13.8 Å². The van der Waals surface area contributed by atoms with Crippen molar-refractivity contribution in [2.45, 2.75) is 13.8 Å². The first-order valence-electron chi connectivity index (χ1n) is 3.75. The molecule has 1 atom stereocenters. The summed E-state index contributed by atoms with van der Waals surface area (Å²) in [5.74, 6) is 1.29. The first-order chi connectivity index (χ1) is 5.24. The SMILES string of the molecule is C=CC(C)/C=C\C(=C/C)OC. The molecule has 0 saturated carbocycles. The average Bonchev–Trinajstić information content (AvgIpc) is 2.06. The molecule has 62 valence electrons. The molecule has 0 rings (SSSR count). The van der Waals surface area contributed by atoms with E-state index in [1.165, 1.54) is 0 Å². The van der Waals surface area contributed by atoms with E-state index in [1.807, 2.05) is 31.2 Å². The Morgan fingerprint density at radius 2 is 2.18 bits per heavy atom. The molecule has 1 unspecified atom stereocenters. The summed E-state index contributed by atoms with van der Waals surface area (Å²) in [4.78, 5) is 0. The topological polar surface area (TPSA) is 9.23 Å². The van der Waals surface area contributed by atoms with Crippen molar-refractivity contribution in [1.29, 1.82) is 0 Å². The Labute approximate surface area is 69.1 Å². The van der Waals surface area contributed by atoms with Crippen LogP contribution in [0.5, 0.6) is 0 Å². The molecule has 0 spiro atoms. The van der Waals surface area contributed by atoms with Crippen LogP contribution in [0.3, 0.4) is 0 Å². The summed E-state index contributed by atoms with van der Waals surface area (Å²) < 4.78 is 5.03. The van der Waals surface area contributed by atoms with E-state index < -0.39 is 0 Å². The minimum atomic E-state index is 0.403. The molecule has 0 N–H and O–H groups in total. The number of ether oxygens (including phenoxy) is 1. The molecule has 0 fully saturated rings. The largest absolute Gasteiger partial charge is 0.497 e. The lowest BCUT2D eigenvalue weighted by atomic mass is 10.1. The summed E-state index contributed by atoms with van der Waals surface area (Å²) >= 11 is 0. The number of hydrogen-bond acceptors (Lipinski definition) is 1. The average molecular weight is 152 g/mol. The van der Waals surface area contributed by atoms with E-state index in [4.69, 9.17) is 4.74 Å². The second kappa shape index (κ2) is 5.78. The van der Waals surface area contributed by atoms with Crippen molar-refractivity contribution in [3.63, 3.8) is 0 Å². The van der Waals surface area contributed by atoms with Gasteiger partial charge in [-0.15, -0.1) is 6.58 Å². The van der Waals surface area contributed by atoms with Crippen LogP contribution in [-0.2, 0) is 4.74 Å². The summed E-state index contributed by atoms with van der Waals surface area (Å²) in [5.41, 5.74) is 0. The predicted octanol–water partition coefficient (Wildman–Crippen LogP) is 2.91. The number of hydrogen-bond donors (Lipinski definition) is 0. The van der Waals surface area contributed by atoms with Gasteiger partial charge in [-0.05, 0) is 25.0 Å². The highest BCUT2D eigenvalue weighted by atomic mass is 16.5. The lowest BCUT2D eigenvalue weighted by molar-refractivity contribution is 0.306. The van der Waals surface area contributed by atoms with Gasteiger partial charge in [-0.3, -0.25) is 0 Å². The standard InChI is InChI=1S/C10H16O/c1-5-9(3)7-8-10(6-2)11-4/h5-9H,1H2,2-4H3/b8-7-,10-6+. The van der Waals surface area contributed by atoms with Crippen LogP contribution in [0.15, 0.2) is 36.6 Å². The molecule has 0 aliphatic rings. The monoisotopic (exact) mass is 152 g/mol. The van der Waals surface area contributed by atoms with Crippen LogP contribution in [0.25, 0.3) is 0 Å². The highest BCUT2D eigenvalue weighted by Gasteiger charge is 1.88. The zero-order chi connectivity index (χ0) is 8.69. The first-order valence-corrected chi connectivity index (χ1v) is 3.75. The van der Waals surface area contributed by atoms with E-state index in [1.54, 1.807) is 7.11 Å². The molecule has 11 heavy (non-hydrogen) atoms. The first kappa shape index (κ1) is 10.0. The Balaban J connectivity index is 3.99. The molecular weight excluding hydrogens is 136 g/mol. The van der Waals surface area contributed by atoms with Gasteiger partial charge in [0.05, 0.1) is 7.11 Å². The van der Waals surface area contributed by atoms with E-state index in [2.05, 4.69) is 13.5 Å². The van der Waals surface area contributed by atoms with Gasteiger partial charge in [-0.1, -0.05) is 19.1 Å². The quantitative estimate of drug-likeness (QED) is 0.342. The zero-order valence-electron chi connectivity index (χ0n) is 7.50. The molecule has 0 aromatic carbocycles. The molecule has 0 aliphatic heterocycles. The number of methoxy groups -OCH3 is 1. The second-order valence-electron chi connectivity index (χ2n) is 2.35. The summed E-state index contributed by atoms with van der Waals surface area (Å²) in [6.07, 6.45) is 7.81. The van der Waals surface area contributed by atoms with Crippen LogP contribution < -0.4 is 0 Å². The highest BCUT2D eigenvalue weighted by molar-refractivity contribution is 5.13. The molecule has 0 bridgehead atoms. The molecule has 0 heterocycles. The third-order valence-corrected chi connectivity index (χ3v) is 1.46. The van der Waals surface area contributed by atoms with Gasteiger partial charge < -0.3 is 4.74 Å². The van der Waals surface area contributed by atoms with Crippen molar-refractivity contribution in [3.8, 4) is 0 Å². The van der Waals surface area contributed by atoms with Crippen LogP contribution in [0.2, 0.25) is 0 Å². The fraction of sp³-hybridized carbons (Fsp3) is 0.400. The van der Waals surface area contributed by atoms with Crippen LogP contribution in [0, 0.1) is 5.92 Å². The van der Waals surface area contributed by atoms with Crippen molar-refractivity contribution >= 4 is 0 Å². The Hall–Kier alpha value is -0.980. The Kier molecular flexibility index (Phi) is 5.26. The third kappa shape index (κ3) is 4.43. The van der Waals surface area contributed by atoms with Crippen LogP contribution >= 0.6 is 0 Å². The van der Waals surface area contributed by atoms with Gasteiger partial charge in [0, 0.05) is 0 Å². The smallest absolute Gasteiger partial charge is 0.114 e. The molecule has 0 saturated heterocycles. The molecule has 0 radical (unpaired) electrons. The Bertz CT molecular complexity index is 166. The number of allylic oxidation sites excluding steroid dienone is 4. The van der Waals surface area contributed by atoms with E-state index in [0.29, 0.717) is 5.92 Å². The molecule has 0 amide bonds.